The minimum atomic E-state index is -0.819. The van der Waals surface area contributed by atoms with Crippen molar-refractivity contribution in [2.45, 2.75) is 6.61 Å². The average Bonchev–Trinajstić information content (AvgIpc) is 2.91. The summed E-state index contributed by atoms with van der Waals surface area (Å²) in [7, 11) is 1.52. The topological polar surface area (TPSA) is 84.9 Å². The predicted octanol–water partition coefficient (Wildman–Crippen LogP) is 5.86. The Morgan fingerprint density at radius 1 is 0.892 bits per heavy atom. The summed E-state index contributed by atoms with van der Waals surface area (Å²) in [5.41, 5.74) is 1.63. The van der Waals surface area contributed by atoms with Crippen LogP contribution >= 0.6 is 15.9 Å². The molecule has 1 aliphatic rings. The lowest BCUT2D eigenvalue weighted by atomic mass is 9.99. The minimum Gasteiger partial charge on any atom is -0.497 e. The molecule has 0 saturated carbocycles. The third-order valence-electron chi connectivity index (χ3n) is 5.99. The van der Waals surface area contributed by atoms with E-state index in [2.05, 4.69) is 21.2 Å². The van der Waals surface area contributed by atoms with Gasteiger partial charge in [0.1, 0.15) is 23.7 Å². The second-order valence-electron chi connectivity index (χ2n) is 8.23. The fourth-order valence-electron chi connectivity index (χ4n) is 4.09. The maximum atomic E-state index is 13.5. The number of fused-ring (bicyclic) bond motifs is 1. The number of imide groups is 2. The molecule has 1 fully saturated rings. The highest BCUT2D eigenvalue weighted by molar-refractivity contribution is 9.10. The summed E-state index contributed by atoms with van der Waals surface area (Å²) in [5, 5.41) is 3.98. The van der Waals surface area contributed by atoms with E-state index in [1.165, 1.54) is 13.2 Å². The van der Waals surface area contributed by atoms with E-state index in [4.69, 9.17) is 9.47 Å². The van der Waals surface area contributed by atoms with Gasteiger partial charge >= 0.3 is 6.03 Å². The maximum absolute atomic E-state index is 13.5. The molecule has 5 rings (SSSR count). The van der Waals surface area contributed by atoms with E-state index in [1.54, 1.807) is 24.3 Å². The lowest BCUT2D eigenvalue weighted by Crippen LogP contribution is -2.54. The number of halogens is 1. The van der Waals surface area contributed by atoms with Gasteiger partial charge in [0.2, 0.25) is 0 Å². The second-order valence-corrected chi connectivity index (χ2v) is 9.09. The van der Waals surface area contributed by atoms with E-state index in [0.717, 1.165) is 25.7 Å². The van der Waals surface area contributed by atoms with Crippen molar-refractivity contribution < 1.29 is 23.9 Å². The maximum Gasteiger partial charge on any atom is 0.335 e. The Balaban J connectivity index is 1.57. The highest BCUT2D eigenvalue weighted by atomic mass is 79.9. The number of anilines is 1. The number of ether oxygens (including phenoxy) is 2. The van der Waals surface area contributed by atoms with Crippen molar-refractivity contribution in [3.8, 4) is 11.5 Å². The van der Waals surface area contributed by atoms with Gasteiger partial charge in [-0.25, -0.2) is 9.69 Å². The number of benzene rings is 4. The molecule has 4 aromatic rings. The third kappa shape index (κ3) is 4.83. The molecule has 4 aromatic carbocycles. The van der Waals surface area contributed by atoms with Crippen LogP contribution in [0.5, 0.6) is 11.5 Å². The van der Waals surface area contributed by atoms with Crippen LogP contribution in [0.15, 0.2) is 95.0 Å². The monoisotopic (exact) mass is 556 g/mol. The largest absolute Gasteiger partial charge is 0.497 e. The smallest absolute Gasteiger partial charge is 0.335 e. The van der Waals surface area contributed by atoms with Crippen LogP contribution in [0.4, 0.5) is 10.5 Å². The van der Waals surface area contributed by atoms with Crippen molar-refractivity contribution in [3.05, 3.63) is 106 Å². The Labute approximate surface area is 221 Å². The molecule has 0 aromatic heterocycles. The lowest BCUT2D eigenvalue weighted by Gasteiger charge is -2.26. The van der Waals surface area contributed by atoms with Gasteiger partial charge in [0.05, 0.1) is 12.8 Å². The predicted molar refractivity (Wildman–Crippen MR) is 144 cm³/mol. The van der Waals surface area contributed by atoms with Gasteiger partial charge in [-0.05, 0) is 53.2 Å². The zero-order valence-electron chi connectivity index (χ0n) is 19.7. The van der Waals surface area contributed by atoms with Crippen molar-refractivity contribution in [2.24, 2.45) is 0 Å². The van der Waals surface area contributed by atoms with Gasteiger partial charge in [-0.3, -0.25) is 14.9 Å². The number of rotatable bonds is 6. The molecule has 0 bridgehead atoms. The zero-order chi connectivity index (χ0) is 25.9. The number of urea groups is 1. The van der Waals surface area contributed by atoms with E-state index in [1.807, 2.05) is 60.7 Å². The van der Waals surface area contributed by atoms with Crippen molar-refractivity contribution >= 4 is 56.3 Å². The first-order valence-electron chi connectivity index (χ1n) is 11.4. The fourth-order valence-corrected chi connectivity index (χ4v) is 4.49. The Morgan fingerprint density at radius 2 is 1.62 bits per heavy atom. The van der Waals surface area contributed by atoms with Crippen LogP contribution in [0.1, 0.15) is 11.1 Å². The van der Waals surface area contributed by atoms with Crippen LogP contribution in [0.2, 0.25) is 0 Å². The first-order chi connectivity index (χ1) is 18.0. The van der Waals surface area contributed by atoms with E-state index >= 15 is 0 Å². The normalized spacial score (nSPS) is 14.7. The van der Waals surface area contributed by atoms with E-state index in [0.29, 0.717) is 22.7 Å². The van der Waals surface area contributed by atoms with E-state index < -0.39 is 17.8 Å². The molecule has 0 radical (unpaired) electrons. The third-order valence-corrected chi connectivity index (χ3v) is 6.77. The number of carbonyl (C=O) groups excluding carboxylic acids is 3. The first-order valence-corrected chi connectivity index (χ1v) is 12.2. The number of nitrogens with zero attached hydrogens (tertiary/aromatic N) is 1. The van der Waals surface area contributed by atoms with Crippen molar-refractivity contribution in [1.82, 2.24) is 5.32 Å². The van der Waals surface area contributed by atoms with Gasteiger partial charge in [0.15, 0.2) is 0 Å². The summed E-state index contributed by atoms with van der Waals surface area (Å²) in [6.07, 6.45) is 1.48. The summed E-state index contributed by atoms with van der Waals surface area (Å²) < 4.78 is 12.2. The molecule has 184 valence electrons. The van der Waals surface area contributed by atoms with Gasteiger partial charge < -0.3 is 9.47 Å². The van der Waals surface area contributed by atoms with E-state index in [-0.39, 0.29) is 12.2 Å². The molecular weight excluding hydrogens is 536 g/mol. The van der Waals surface area contributed by atoms with Gasteiger partial charge in [-0.2, -0.15) is 0 Å². The Morgan fingerprint density at radius 3 is 2.38 bits per heavy atom. The summed E-state index contributed by atoms with van der Waals surface area (Å²) >= 11 is 3.53. The summed E-state index contributed by atoms with van der Waals surface area (Å²) in [4.78, 5) is 39.9. The molecule has 4 amide bonds. The van der Waals surface area contributed by atoms with Crippen LogP contribution in [-0.2, 0) is 16.2 Å². The molecule has 0 atom stereocenters. The molecule has 1 heterocycles. The molecule has 8 heteroatoms. The number of carbonyl (C=O) groups is 3. The average molecular weight is 557 g/mol. The molecule has 0 aliphatic carbocycles. The Kier molecular flexibility index (Phi) is 6.74. The number of methoxy groups -OCH3 is 1. The van der Waals surface area contributed by atoms with Gasteiger partial charge in [-0.15, -0.1) is 0 Å². The Bertz CT molecular complexity index is 1560. The quantitative estimate of drug-likeness (QED) is 0.237. The van der Waals surface area contributed by atoms with E-state index in [9.17, 15) is 14.4 Å². The minimum absolute atomic E-state index is 0.183. The summed E-state index contributed by atoms with van der Waals surface area (Å²) in [6, 6.07) is 24.6. The Hall–Kier alpha value is -4.43. The number of nitrogens with one attached hydrogen (secondary N) is 1. The SMILES string of the molecule is COc1ccc(N2C(=O)NC(=O)/C(=C\c3c(OCc4ccccc4Br)ccc4ccccc34)C2=O)cc1. The number of hydrogen-bond donors (Lipinski definition) is 1. The van der Waals surface area contributed by atoms with Crippen LogP contribution in [0.3, 0.4) is 0 Å². The van der Waals surface area contributed by atoms with Gasteiger partial charge in [0.25, 0.3) is 11.8 Å². The number of hydrogen-bond acceptors (Lipinski definition) is 5. The van der Waals surface area contributed by atoms with Crippen LogP contribution in [0, 0.1) is 0 Å². The zero-order valence-corrected chi connectivity index (χ0v) is 21.3. The molecule has 1 aliphatic heterocycles. The number of barbiturate groups is 1. The highest BCUT2D eigenvalue weighted by Crippen LogP contribution is 2.33. The number of amides is 4. The van der Waals surface area contributed by atoms with Gasteiger partial charge in [-0.1, -0.05) is 64.5 Å². The lowest BCUT2D eigenvalue weighted by molar-refractivity contribution is -0.122. The molecule has 1 N–H and O–H groups in total. The molecule has 37 heavy (non-hydrogen) atoms. The molecule has 7 nitrogen and oxygen atoms in total. The van der Waals surface area contributed by atoms with Crippen molar-refractivity contribution in [3.63, 3.8) is 0 Å². The molecule has 0 unspecified atom stereocenters. The van der Waals surface area contributed by atoms with Crippen molar-refractivity contribution in [1.29, 1.82) is 0 Å². The summed E-state index contributed by atoms with van der Waals surface area (Å²) in [5.74, 6) is -0.438. The first kappa shape index (κ1) is 24.3. The van der Waals surface area contributed by atoms with Gasteiger partial charge in [0, 0.05) is 15.6 Å². The highest BCUT2D eigenvalue weighted by Gasteiger charge is 2.37. The molecule has 1 saturated heterocycles. The van der Waals surface area contributed by atoms with Crippen LogP contribution in [0.25, 0.3) is 16.8 Å². The fraction of sp³-hybridized carbons (Fsp3) is 0.0690. The second kappa shape index (κ2) is 10.3. The standard InChI is InChI=1S/C29H21BrN2O5/c1-36-21-13-11-20(12-14-21)32-28(34)24(27(33)31-29(32)35)16-23-22-8-4-2-6-18(22)10-15-26(23)37-17-19-7-3-5-9-25(19)30/h2-16H,17H2,1H3,(H,31,33,35)/b24-16+. The molecule has 0 spiro atoms. The van der Waals surface area contributed by atoms with Crippen LogP contribution < -0.4 is 19.7 Å². The summed E-state index contributed by atoms with van der Waals surface area (Å²) in [6.45, 7) is 0.270. The van der Waals surface area contributed by atoms with Crippen molar-refractivity contribution in [2.75, 3.05) is 12.0 Å². The van der Waals surface area contributed by atoms with Crippen LogP contribution in [-0.4, -0.2) is 25.0 Å². The molecular formula is C29H21BrN2O5.